The highest BCUT2D eigenvalue weighted by atomic mass is 32.2. The van der Waals surface area contributed by atoms with Crippen LogP contribution in [-0.2, 0) is 23.5 Å². The second-order valence-corrected chi connectivity index (χ2v) is 6.47. The first-order valence-electron chi connectivity index (χ1n) is 7.12. The van der Waals surface area contributed by atoms with E-state index in [0.29, 0.717) is 6.61 Å². The Bertz CT molecular complexity index is 429. The number of hydrogen-bond acceptors (Lipinski definition) is 5. The zero-order valence-electron chi connectivity index (χ0n) is 11.4. The Balaban J connectivity index is 1.73. The standard InChI is InChI=1S/C14H21N3OS/c1-15-14-11-8-18-7-6-12(11)16-13(17-14)9-19-10-4-2-3-5-10/h10H,2-9H2,1H3,(H,15,16,17). The number of fused-ring (bicyclic) bond motifs is 1. The van der Waals surface area contributed by atoms with Crippen LogP contribution in [0.1, 0.15) is 42.8 Å². The van der Waals surface area contributed by atoms with E-state index in [1.54, 1.807) is 0 Å². The third-order valence-corrected chi connectivity index (χ3v) is 5.22. The molecule has 1 aliphatic heterocycles. The molecule has 0 saturated heterocycles. The number of aromatic nitrogens is 2. The minimum Gasteiger partial charge on any atom is -0.376 e. The van der Waals surface area contributed by atoms with Crippen molar-refractivity contribution in [2.75, 3.05) is 19.0 Å². The molecule has 19 heavy (non-hydrogen) atoms. The third kappa shape index (κ3) is 3.03. The first-order valence-corrected chi connectivity index (χ1v) is 8.17. The second kappa shape index (κ2) is 6.09. The molecule has 1 saturated carbocycles. The van der Waals surface area contributed by atoms with Crippen molar-refractivity contribution in [2.24, 2.45) is 0 Å². The molecule has 1 N–H and O–H groups in total. The van der Waals surface area contributed by atoms with Crippen LogP contribution in [0.25, 0.3) is 0 Å². The molecular formula is C14H21N3OS. The highest BCUT2D eigenvalue weighted by Crippen LogP contribution is 2.31. The molecule has 0 spiro atoms. The summed E-state index contributed by atoms with van der Waals surface area (Å²) in [6, 6.07) is 0. The van der Waals surface area contributed by atoms with Crippen LogP contribution in [0.5, 0.6) is 0 Å². The summed E-state index contributed by atoms with van der Waals surface area (Å²) in [6.45, 7) is 1.42. The van der Waals surface area contributed by atoms with Gasteiger partial charge in [-0.1, -0.05) is 12.8 Å². The van der Waals surface area contributed by atoms with Crippen molar-refractivity contribution < 1.29 is 4.74 Å². The Morgan fingerprint density at radius 1 is 1.32 bits per heavy atom. The molecule has 0 atom stereocenters. The van der Waals surface area contributed by atoms with Crippen molar-refractivity contribution in [2.45, 2.75) is 49.7 Å². The van der Waals surface area contributed by atoms with Crippen molar-refractivity contribution in [1.82, 2.24) is 9.97 Å². The monoisotopic (exact) mass is 279 g/mol. The highest BCUT2D eigenvalue weighted by Gasteiger charge is 2.19. The number of nitrogens with one attached hydrogen (secondary N) is 1. The maximum Gasteiger partial charge on any atom is 0.140 e. The molecule has 1 aromatic heterocycles. The maximum absolute atomic E-state index is 5.49. The van der Waals surface area contributed by atoms with E-state index in [1.165, 1.54) is 31.4 Å². The van der Waals surface area contributed by atoms with E-state index in [0.717, 1.165) is 41.2 Å². The molecule has 3 rings (SSSR count). The third-order valence-electron chi connectivity index (χ3n) is 3.86. The van der Waals surface area contributed by atoms with Gasteiger partial charge in [0.1, 0.15) is 11.6 Å². The van der Waals surface area contributed by atoms with E-state index in [-0.39, 0.29) is 0 Å². The van der Waals surface area contributed by atoms with Gasteiger partial charge in [-0.25, -0.2) is 9.97 Å². The van der Waals surface area contributed by atoms with Crippen molar-refractivity contribution in [3.63, 3.8) is 0 Å². The van der Waals surface area contributed by atoms with Crippen molar-refractivity contribution in [3.8, 4) is 0 Å². The first kappa shape index (κ1) is 13.2. The number of nitrogens with zero attached hydrogens (tertiary/aromatic N) is 2. The van der Waals surface area contributed by atoms with E-state index >= 15 is 0 Å². The Labute approximate surface area is 118 Å². The average molecular weight is 279 g/mol. The van der Waals surface area contributed by atoms with E-state index in [4.69, 9.17) is 9.72 Å². The van der Waals surface area contributed by atoms with Crippen LogP contribution < -0.4 is 5.32 Å². The summed E-state index contributed by atoms with van der Waals surface area (Å²) in [5.74, 6) is 2.86. The molecule has 0 unspecified atom stereocenters. The first-order chi connectivity index (χ1) is 9.36. The Morgan fingerprint density at radius 3 is 2.95 bits per heavy atom. The van der Waals surface area contributed by atoms with Gasteiger partial charge in [-0.15, -0.1) is 0 Å². The molecule has 0 radical (unpaired) electrons. The van der Waals surface area contributed by atoms with E-state index < -0.39 is 0 Å². The molecule has 5 heteroatoms. The largest absolute Gasteiger partial charge is 0.376 e. The summed E-state index contributed by atoms with van der Waals surface area (Å²) in [6.07, 6.45) is 6.42. The zero-order valence-corrected chi connectivity index (χ0v) is 12.3. The molecule has 104 valence electrons. The van der Waals surface area contributed by atoms with Crippen LogP contribution in [0.15, 0.2) is 0 Å². The molecule has 2 heterocycles. The van der Waals surface area contributed by atoms with Crippen molar-refractivity contribution in [3.05, 3.63) is 17.1 Å². The molecule has 2 aliphatic rings. The average Bonchev–Trinajstić information content (AvgIpc) is 2.97. The van der Waals surface area contributed by atoms with Crippen LogP contribution >= 0.6 is 11.8 Å². The highest BCUT2D eigenvalue weighted by molar-refractivity contribution is 7.99. The molecule has 0 aromatic carbocycles. The van der Waals surface area contributed by atoms with Gasteiger partial charge in [-0.05, 0) is 12.8 Å². The SMILES string of the molecule is CNc1nc(CSC2CCCC2)nc2c1COCC2. The Morgan fingerprint density at radius 2 is 2.16 bits per heavy atom. The van der Waals surface area contributed by atoms with E-state index in [2.05, 4.69) is 10.3 Å². The lowest BCUT2D eigenvalue weighted by Crippen LogP contribution is -2.17. The predicted octanol–water partition coefficient (Wildman–Crippen LogP) is 2.77. The number of hydrogen-bond donors (Lipinski definition) is 1. The molecule has 4 nitrogen and oxygen atoms in total. The van der Waals surface area contributed by atoms with Crippen molar-refractivity contribution in [1.29, 1.82) is 0 Å². The zero-order chi connectivity index (χ0) is 13.1. The fourth-order valence-corrected chi connectivity index (χ4v) is 3.98. The number of rotatable bonds is 4. The lowest BCUT2D eigenvalue weighted by Gasteiger charge is -2.19. The maximum atomic E-state index is 5.49. The molecule has 0 bridgehead atoms. The van der Waals surface area contributed by atoms with Crippen LogP contribution in [-0.4, -0.2) is 28.9 Å². The summed E-state index contributed by atoms with van der Waals surface area (Å²) in [5, 5.41) is 4.00. The molecule has 1 fully saturated rings. The molecule has 1 aromatic rings. The van der Waals surface area contributed by atoms with Gasteiger partial charge in [0.15, 0.2) is 0 Å². The molecule has 0 amide bonds. The van der Waals surface area contributed by atoms with Gasteiger partial charge in [0.05, 0.1) is 24.7 Å². The van der Waals surface area contributed by atoms with E-state index in [9.17, 15) is 0 Å². The van der Waals surface area contributed by atoms with Crippen LogP contribution in [0.4, 0.5) is 5.82 Å². The van der Waals surface area contributed by atoms with Gasteiger partial charge in [0.25, 0.3) is 0 Å². The lowest BCUT2D eigenvalue weighted by molar-refractivity contribution is 0.109. The van der Waals surface area contributed by atoms with E-state index in [1.807, 2.05) is 18.8 Å². The molecule has 1 aliphatic carbocycles. The minimum absolute atomic E-state index is 0.640. The van der Waals surface area contributed by atoms with Gasteiger partial charge in [-0.2, -0.15) is 11.8 Å². The summed E-state index contributed by atoms with van der Waals surface area (Å²) in [5.41, 5.74) is 2.32. The van der Waals surface area contributed by atoms with Gasteiger partial charge in [0.2, 0.25) is 0 Å². The summed E-state index contributed by atoms with van der Waals surface area (Å²) < 4.78 is 5.49. The number of thioether (sulfide) groups is 1. The van der Waals surface area contributed by atoms with Crippen LogP contribution in [0, 0.1) is 0 Å². The number of anilines is 1. The van der Waals surface area contributed by atoms with Gasteiger partial charge >= 0.3 is 0 Å². The lowest BCUT2D eigenvalue weighted by atomic mass is 10.1. The van der Waals surface area contributed by atoms with Crippen LogP contribution in [0.3, 0.4) is 0 Å². The van der Waals surface area contributed by atoms with Crippen molar-refractivity contribution >= 4 is 17.6 Å². The summed E-state index contributed by atoms with van der Waals surface area (Å²) in [4.78, 5) is 9.37. The quantitative estimate of drug-likeness (QED) is 0.918. The summed E-state index contributed by atoms with van der Waals surface area (Å²) in [7, 11) is 1.92. The molecular weight excluding hydrogens is 258 g/mol. The fraction of sp³-hybridized carbons (Fsp3) is 0.714. The number of ether oxygens (including phenoxy) is 1. The Kier molecular flexibility index (Phi) is 4.23. The topological polar surface area (TPSA) is 47.0 Å². The van der Waals surface area contributed by atoms with Gasteiger partial charge < -0.3 is 10.1 Å². The van der Waals surface area contributed by atoms with Gasteiger partial charge in [0, 0.05) is 24.3 Å². The Hall–Kier alpha value is -0.810. The minimum atomic E-state index is 0.640. The summed E-state index contributed by atoms with van der Waals surface area (Å²) >= 11 is 2.02. The van der Waals surface area contributed by atoms with Gasteiger partial charge in [-0.3, -0.25) is 0 Å². The van der Waals surface area contributed by atoms with Crippen LogP contribution in [0.2, 0.25) is 0 Å². The predicted molar refractivity (Wildman–Crippen MR) is 78.5 cm³/mol. The second-order valence-electron chi connectivity index (χ2n) is 5.18. The normalized spacial score (nSPS) is 19.4. The fourth-order valence-electron chi connectivity index (χ4n) is 2.80. The smallest absolute Gasteiger partial charge is 0.140 e.